The van der Waals surface area contributed by atoms with Crippen molar-refractivity contribution in [2.45, 2.75) is 0 Å². The van der Waals surface area contributed by atoms with Gasteiger partial charge in [0.25, 0.3) is 5.56 Å². The van der Waals surface area contributed by atoms with Crippen LogP contribution in [0.15, 0.2) is 35.1 Å². The van der Waals surface area contributed by atoms with Gasteiger partial charge in [-0.1, -0.05) is 18.2 Å². The van der Waals surface area contributed by atoms with Crippen molar-refractivity contribution in [2.75, 3.05) is 38.7 Å². The van der Waals surface area contributed by atoms with Crippen LogP contribution in [0.1, 0.15) is 0 Å². The largest absolute Gasteiger partial charge is 0.318 e. The minimum atomic E-state index is 0.0142. The molecular formula is C15H20N4O. The molecule has 2 heterocycles. The van der Waals surface area contributed by atoms with E-state index in [4.69, 9.17) is 0 Å². The van der Waals surface area contributed by atoms with Crippen molar-refractivity contribution in [3.8, 4) is 0 Å². The van der Waals surface area contributed by atoms with E-state index in [-0.39, 0.29) is 5.56 Å². The fraction of sp³-hybridized carbons (Fsp3) is 0.400. The van der Waals surface area contributed by atoms with Crippen LogP contribution in [0, 0.1) is 0 Å². The summed E-state index contributed by atoms with van der Waals surface area (Å²) in [6.07, 6.45) is 0. The van der Waals surface area contributed by atoms with Gasteiger partial charge in [-0.3, -0.25) is 4.79 Å². The highest BCUT2D eigenvalue weighted by atomic mass is 16.1. The zero-order valence-corrected chi connectivity index (χ0v) is 12.0. The van der Waals surface area contributed by atoms with Gasteiger partial charge in [-0.15, -0.1) is 0 Å². The molecule has 106 valence electrons. The predicted molar refractivity (Wildman–Crippen MR) is 81.9 cm³/mol. The van der Waals surface area contributed by atoms with E-state index >= 15 is 0 Å². The maximum absolute atomic E-state index is 12.0. The SMILES string of the molecule is CN1CCN(Nc2cc(=O)n(C)c3ccccc23)CC1. The smallest absolute Gasteiger partial charge is 0.252 e. The van der Waals surface area contributed by atoms with Gasteiger partial charge < -0.3 is 14.9 Å². The predicted octanol–water partition coefficient (Wildman–Crippen LogP) is 1.11. The van der Waals surface area contributed by atoms with E-state index in [1.165, 1.54) is 0 Å². The van der Waals surface area contributed by atoms with Gasteiger partial charge in [-0.25, -0.2) is 5.01 Å². The molecule has 0 bridgehead atoms. The molecule has 0 amide bonds. The van der Waals surface area contributed by atoms with Crippen LogP contribution in [0.4, 0.5) is 5.69 Å². The monoisotopic (exact) mass is 272 g/mol. The number of hydrogen-bond acceptors (Lipinski definition) is 4. The fourth-order valence-electron chi connectivity index (χ4n) is 2.59. The number of aromatic nitrogens is 1. The molecule has 0 atom stereocenters. The normalized spacial score (nSPS) is 17.5. The first-order valence-electron chi connectivity index (χ1n) is 6.94. The first-order chi connectivity index (χ1) is 9.65. The van der Waals surface area contributed by atoms with Crippen molar-refractivity contribution in [1.82, 2.24) is 14.5 Å². The van der Waals surface area contributed by atoms with Crippen molar-refractivity contribution in [3.63, 3.8) is 0 Å². The number of hydrogen-bond donors (Lipinski definition) is 1. The lowest BCUT2D eigenvalue weighted by Crippen LogP contribution is -2.47. The number of aryl methyl sites for hydroxylation is 1. The topological polar surface area (TPSA) is 40.5 Å². The molecule has 1 saturated heterocycles. The van der Waals surface area contributed by atoms with Crippen molar-refractivity contribution in [1.29, 1.82) is 0 Å². The number of nitrogens with zero attached hydrogens (tertiary/aromatic N) is 3. The van der Waals surface area contributed by atoms with Crippen molar-refractivity contribution >= 4 is 16.6 Å². The van der Waals surface area contributed by atoms with Crippen LogP contribution in [0.2, 0.25) is 0 Å². The number of likely N-dealkylation sites (N-methyl/N-ethyl adjacent to an activating group) is 1. The lowest BCUT2D eigenvalue weighted by molar-refractivity contribution is 0.179. The number of pyridine rings is 1. The molecule has 0 spiro atoms. The summed E-state index contributed by atoms with van der Waals surface area (Å²) in [5, 5.41) is 3.26. The average molecular weight is 272 g/mol. The summed E-state index contributed by atoms with van der Waals surface area (Å²) >= 11 is 0. The molecule has 20 heavy (non-hydrogen) atoms. The standard InChI is InChI=1S/C15H20N4O/c1-17-7-9-19(10-8-17)16-13-11-15(20)18(2)14-6-4-3-5-12(13)14/h3-6,11,16H,7-10H2,1-2H3. The van der Waals surface area contributed by atoms with Crippen LogP contribution >= 0.6 is 0 Å². The Kier molecular flexibility index (Phi) is 3.46. The molecule has 1 aliphatic rings. The summed E-state index contributed by atoms with van der Waals surface area (Å²) in [5.74, 6) is 0. The molecule has 0 aliphatic carbocycles. The van der Waals surface area contributed by atoms with Gasteiger partial charge in [0.1, 0.15) is 0 Å². The summed E-state index contributed by atoms with van der Waals surface area (Å²) < 4.78 is 1.69. The van der Waals surface area contributed by atoms with Gasteiger partial charge in [0.05, 0.1) is 11.2 Å². The third-order valence-corrected chi connectivity index (χ3v) is 3.94. The Bertz CT molecular complexity index is 671. The lowest BCUT2D eigenvalue weighted by Gasteiger charge is -2.33. The second-order valence-corrected chi connectivity index (χ2v) is 5.37. The number of nitrogens with one attached hydrogen (secondary N) is 1. The Balaban J connectivity index is 1.95. The molecule has 1 aromatic heterocycles. The number of piperazine rings is 1. The Hall–Kier alpha value is -1.85. The van der Waals surface area contributed by atoms with E-state index in [2.05, 4.69) is 22.4 Å². The molecule has 1 N–H and O–H groups in total. The van der Waals surface area contributed by atoms with E-state index in [9.17, 15) is 4.79 Å². The molecule has 1 fully saturated rings. The molecular weight excluding hydrogens is 252 g/mol. The number of fused-ring (bicyclic) bond motifs is 1. The minimum Gasteiger partial charge on any atom is -0.318 e. The average Bonchev–Trinajstić information content (AvgIpc) is 2.47. The number of anilines is 1. The first-order valence-corrected chi connectivity index (χ1v) is 6.94. The second-order valence-electron chi connectivity index (χ2n) is 5.37. The minimum absolute atomic E-state index is 0.0142. The third-order valence-electron chi connectivity index (χ3n) is 3.94. The Morgan fingerprint density at radius 2 is 1.75 bits per heavy atom. The zero-order valence-electron chi connectivity index (χ0n) is 12.0. The molecule has 3 rings (SSSR count). The van der Waals surface area contributed by atoms with Crippen molar-refractivity contribution in [3.05, 3.63) is 40.7 Å². The van der Waals surface area contributed by atoms with E-state index < -0.39 is 0 Å². The van der Waals surface area contributed by atoms with Crippen LogP contribution < -0.4 is 11.0 Å². The number of hydrazine groups is 1. The summed E-state index contributed by atoms with van der Waals surface area (Å²) in [7, 11) is 3.94. The quantitative estimate of drug-likeness (QED) is 0.889. The van der Waals surface area contributed by atoms with E-state index in [0.717, 1.165) is 42.8 Å². The number of benzene rings is 1. The third kappa shape index (κ3) is 2.42. The van der Waals surface area contributed by atoms with Crippen LogP contribution in [-0.2, 0) is 7.05 Å². The van der Waals surface area contributed by atoms with Gasteiger partial charge in [-0.05, 0) is 13.1 Å². The van der Waals surface area contributed by atoms with Crippen LogP contribution in [-0.4, -0.2) is 47.7 Å². The maximum atomic E-state index is 12.0. The molecule has 0 radical (unpaired) electrons. The lowest BCUT2D eigenvalue weighted by atomic mass is 10.2. The maximum Gasteiger partial charge on any atom is 0.252 e. The Labute approximate surface area is 118 Å². The molecule has 1 aliphatic heterocycles. The number of rotatable bonds is 2. The summed E-state index contributed by atoms with van der Waals surface area (Å²) in [5.41, 5.74) is 5.27. The highest BCUT2D eigenvalue weighted by Gasteiger charge is 2.15. The zero-order chi connectivity index (χ0) is 14.1. The first kappa shape index (κ1) is 13.1. The van der Waals surface area contributed by atoms with Gasteiger partial charge in [-0.2, -0.15) is 0 Å². The molecule has 5 nitrogen and oxygen atoms in total. The molecule has 5 heteroatoms. The van der Waals surface area contributed by atoms with E-state index in [1.807, 2.05) is 31.3 Å². The van der Waals surface area contributed by atoms with E-state index in [0.29, 0.717) is 0 Å². The van der Waals surface area contributed by atoms with Crippen LogP contribution in [0.5, 0.6) is 0 Å². The molecule has 2 aromatic rings. The summed E-state index contributed by atoms with van der Waals surface area (Å²) in [6.45, 7) is 3.99. The van der Waals surface area contributed by atoms with Crippen LogP contribution in [0.3, 0.4) is 0 Å². The van der Waals surface area contributed by atoms with Gasteiger partial charge in [0.2, 0.25) is 0 Å². The second kappa shape index (κ2) is 5.26. The van der Waals surface area contributed by atoms with Crippen LogP contribution in [0.25, 0.3) is 10.9 Å². The fourth-order valence-corrected chi connectivity index (χ4v) is 2.59. The van der Waals surface area contributed by atoms with Gasteiger partial charge in [0.15, 0.2) is 0 Å². The molecule has 1 aromatic carbocycles. The Morgan fingerprint density at radius 3 is 2.50 bits per heavy atom. The summed E-state index contributed by atoms with van der Waals surface area (Å²) in [4.78, 5) is 14.3. The summed E-state index contributed by atoms with van der Waals surface area (Å²) in [6, 6.07) is 9.67. The highest BCUT2D eigenvalue weighted by Crippen LogP contribution is 2.21. The van der Waals surface area contributed by atoms with Gasteiger partial charge in [0, 0.05) is 44.7 Å². The van der Waals surface area contributed by atoms with Crippen molar-refractivity contribution in [2.24, 2.45) is 7.05 Å². The van der Waals surface area contributed by atoms with Gasteiger partial charge >= 0.3 is 0 Å². The molecule has 0 unspecified atom stereocenters. The highest BCUT2D eigenvalue weighted by molar-refractivity contribution is 5.91. The number of para-hydroxylation sites is 1. The molecule has 0 saturated carbocycles. The van der Waals surface area contributed by atoms with Crippen molar-refractivity contribution < 1.29 is 0 Å². The van der Waals surface area contributed by atoms with E-state index in [1.54, 1.807) is 10.6 Å². The Morgan fingerprint density at radius 1 is 1.05 bits per heavy atom.